The van der Waals surface area contributed by atoms with E-state index in [2.05, 4.69) is 21.2 Å². The molecule has 0 fully saturated rings. The van der Waals surface area contributed by atoms with E-state index in [1.54, 1.807) is 16.8 Å². The Morgan fingerprint density at radius 1 is 1.29 bits per heavy atom. The molecular formula is C14H12BrF3N2O. The van der Waals surface area contributed by atoms with E-state index in [0.29, 0.717) is 17.1 Å². The van der Waals surface area contributed by atoms with Gasteiger partial charge in [-0.1, -0.05) is 6.92 Å². The largest absolute Gasteiger partial charge is 0.342 e. The molecule has 7 heteroatoms. The van der Waals surface area contributed by atoms with Gasteiger partial charge in [0.2, 0.25) is 0 Å². The van der Waals surface area contributed by atoms with Crippen molar-refractivity contribution in [3.05, 3.63) is 52.0 Å². The Labute approximate surface area is 127 Å². The first-order valence-corrected chi connectivity index (χ1v) is 7.03. The highest BCUT2D eigenvalue weighted by molar-refractivity contribution is 9.10. The maximum absolute atomic E-state index is 13.5. The van der Waals surface area contributed by atoms with Crippen molar-refractivity contribution >= 4 is 27.5 Å². The second-order valence-corrected chi connectivity index (χ2v) is 5.36. The van der Waals surface area contributed by atoms with Crippen LogP contribution in [0, 0.1) is 17.5 Å². The first-order valence-electron chi connectivity index (χ1n) is 6.24. The van der Waals surface area contributed by atoms with Crippen LogP contribution in [0.3, 0.4) is 0 Å². The third-order valence-corrected chi connectivity index (χ3v) is 3.24. The van der Waals surface area contributed by atoms with Gasteiger partial charge in [-0.05, 0) is 28.4 Å². The smallest absolute Gasteiger partial charge is 0.272 e. The maximum Gasteiger partial charge on any atom is 0.272 e. The lowest BCUT2D eigenvalue weighted by atomic mass is 10.2. The van der Waals surface area contributed by atoms with E-state index in [0.717, 1.165) is 12.5 Å². The lowest BCUT2D eigenvalue weighted by Crippen LogP contribution is -2.18. The third kappa shape index (κ3) is 3.47. The summed E-state index contributed by atoms with van der Waals surface area (Å²) in [6.45, 7) is 2.53. The van der Waals surface area contributed by atoms with Gasteiger partial charge in [-0.15, -0.1) is 0 Å². The van der Waals surface area contributed by atoms with Crippen molar-refractivity contribution in [3.63, 3.8) is 0 Å². The van der Waals surface area contributed by atoms with Crippen molar-refractivity contribution in [1.82, 2.24) is 4.57 Å². The van der Waals surface area contributed by atoms with Gasteiger partial charge in [0, 0.05) is 29.3 Å². The second-order valence-electron chi connectivity index (χ2n) is 4.44. The zero-order valence-electron chi connectivity index (χ0n) is 11.1. The van der Waals surface area contributed by atoms with Gasteiger partial charge in [0.25, 0.3) is 5.91 Å². The number of nitrogens with one attached hydrogen (secondary N) is 1. The first-order chi connectivity index (χ1) is 9.92. The molecular weight excluding hydrogens is 349 g/mol. The van der Waals surface area contributed by atoms with Crippen molar-refractivity contribution in [3.8, 4) is 0 Å². The SMILES string of the molecule is CCCn1cc(Br)cc1C(=O)Nc1cc(F)cc(F)c1F. The van der Waals surface area contributed by atoms with Crippen molar-refractivity contribution < 1.29 is 18.0 Å². The van der Waals surface area contributed by atoms with Crippen molar-refractivity contribution in [2.75, 3.05) is 5.32 Å². The van der Waals surface area contributed by atoms with Crippen molar-refractivity contribution in [1.29, 1.82) is 0 Å². The molecule has 21 heavy (non-hydrogen) atoms. The number of hydrogen-bond acceptors (Lipinski definition) is 1. The van der Waals surface area contributed by atoms with E-state index < -0.39 is 29.0 Å². The number of nitrogens with zero attached hydrogens (tertiary/aromatic N) is 1. The van der Waals surface area contributed by atoms with E-state index in [9.17, 15) is 18.0 Å². The number of carbonyl (C=O) groups is 1. The summed E-state index contributed by atoms with van der Waals surface area (Å²) in [4.78, 5) is 12.1. The minimum absolute atomic E-state index is 0.271. The summed E-state index contributed by atoms with van der Waals surface area (Å²) in [5, 5.41) is 2.18. The van der Waals surface area contributed by atoms with E-state index in [1.165, 1.54) is 0 Å². The van der Waals surface area contributed by atoms with Crippen molar-refractivity contribution in [2.24, 2.45) is 0 Å². The molecule has 0 aliphatic carbocycles. The van der Waals surface area contributed by atoms with Gasteiger partial charge in [-0.25, -0.2) is 13.2 Å². The number of hydrogen-bond donors (Lipinski definition) is 1. The molecule has 1 N–H and O–H groups in total. The van der Waals surface area contributed by atoms with Crippen LogP contribution >= 0.6 is 15.9 Å². The van der Waals surface area contributed by atoms with Gasteiger partial charge in [-0.3, -0.25) is 4.79 Å². The monoisotopic (exact) mass is 360 g/mol. The molecule has 0 aliphatic heterocycles. The van der Waals surface area contributed by atoms with Gasteiger partial charge in [0.05, 0.1) is 5.69 Å². The zero-order valence-corrected chi connectivity index (χ0v) is 12.7. The predicted molar refractivity (Wildman–Crippen MR) is 76.7 cm³/mol. The number of carbonyl (C=O) groups excluding carboxylic acids is 1. The first kappa shape index (κ1) is 15.6. The molecule has 0 saturated carbocycles. The molecule has 0 aliphatic rings. The Morgan fingerprint density at radius 2 is 2.00 bits per heavy atom. The minimum Gasteiger partial charge on any atom is -0.342 e. The summed E-state index contributed by atoms with van der Waals surface area (Å²) >= 11 is 3.25. The molecule has 1 amide bonds. The minimum atomic E-state index is -1.35. The summed E-state index contributed by atoms with van der Waals surface area (Å²) in [6.07, 6.45) is 2.51. The summed E-state index contributed by atoms with van der Waals surface area (Å²) in [6, 6.07) is 2.71. The predicted octanol–water partition coefficient (Wildman–Crippen LogP) is 4.33. The van der Waals surface area contributed by atoms with E-state index in [4.69, 9.17) is 0 Å². The van der Waals surface area contributed by atoms with Crippen LogP contribution < -0.4 is 5.32 Å². The van der Waals surface area contributed by atoms with Gasteiger partial charge in [0.15, 0.2) is 11.6 Å². The molecule has 0 spiro atoms. The second kappa shape index (κ2) is 6.34. The molecule has 1 aromatic carbocycles. The standard InChI is InChI=1S/C14H12BrF3N2O/c1-2-3-20-7-8(15)4-12(20)14(21)19-11-6-9(16)5-10(17)13(11)18/h4-7H,2-3H2,1H3,(H,19,21). The van der Waals surface area contributed by atoms with Crippen LogP contribution in [0.15, 0.2) is 28.9 Å². The number of aryl methyl sites for hydroxylation is 1. The van der Waals surface area contributed by atoms with Crippen LogP contribution in [0.5, 0.6) is 0 Å². The Bertz CT molecular complexity index is 685. The molecule has 112 valence electrons. The normalized spacial score (nSPS) is 10.7. The van der Waals surface area contributed by atoms with Crippen LogP contribution in [0.2, 0.25) is 0 Å². The van der Waals surface area contributed by atoms with Gasteiger partial charge >= 0.3 is 0 Å². The molecule has 0 bridgehead atoms. The molecule has 0 radical (unpaired) electrons. The fraction of sp³-hybridized carbons (Fsp3) is 0.214. The maximum atomic E-state index is 13.5. The van der Waals surface area contributed by atoms with E-state index >= 15 is 0 Å². The lowest BCUT2D eigenvalue weighted by Gasteiger charge is -2.10. The number of halogens is 4. The molecule has 0 unspecified atom stereocenters. The van der Waals surface area contributed by atoms with E-state index in [-0.39, 0.29) is 5.69 Å². The average molecular weight is 361 g/mol. The summed E-state index contributed by atoms with van der Waals surface area (Å²) in [5.74, 6) is -4.25. The molecule has 2 rings (SSSR count). The van der Waals surface area contributed by atoms with Crippen LogP contribution in [-0.4, -0.2) is 10.5 Å². The lowest BCUT2D eigenvalue weighted by molar-refractivity contribution is 0.101. The number of rotatable bonds is 4. The van der Waals surface area contributed by atoms with Crippen LogP contribution in [0.25, 0.3) is 0 Å². The number of benzene rings is 1. The summed E-state index contributed by atoms with van der Waals surface area (Å²) in [7, 11) is 0. The van der Waals surface area contributed by atoms with Gasteiger partial charge < -0.3 is 9.88 Å². The molecule has 2 aromatic rings. The quantitative estimate of drug-likeness (QED) is 0.809. The average Bonchev–Trinajstić information content (AvgIpc) is 2.77. The topological polar surface area (TPSA) is 34.0 Å². The van der Waals surface area contributed by atoms with Crippen molar-refractivity contribution in [2.45, 2.75) is 19.9 Å². The molecule has 1 heterocycles. The Morgan fingerprint density at radius 3 is 2.67 bits per heavy atom. The number of amides is 1. The van der Waals surface area contributed by atoms with Crippen LogP contribution in [0.1, 0.15) is 23.8 Å². The molecule has 3 nitrogen and oxygen atoms in total. The van der Waals surface area contributed by atoms with Gasteiger partial charge in [-0.2, -0.15) is 0 Å². The number of aromatic nitrogens is 1. The zero-order chi connectivity index (χ0) is 15.6. The highest BCUT2D eigenvalue weighted by atomic mass is 79.9. The Hall–Kier alpha value is -1.76. The summed E-state index contributed by atoms with van der Waals surface area (Å²) < 4.78 is 42.1. The van der Waals surface area contributed by atoms with Gasteiger partial charge in [0.1, 0.15) is 11.5 Å². The highest BCUT2D eigenvalue weighted by Gasteiger charge is 2.17. The van der Waals surface area contributed by atoms with Crippen LogP contribution in [0.4, 0.5) is 18.9 Å². The molecule has 1 aromatic heterocycles. The Kier molecular flexibility index (Phi) is 4.72. The number of anilines is 1. The molecule has 0 atom stereocenters. The fourth-order valence-electron chi connectivity index (χ4n) is 1.92. The van der Waals surface area contributed by atoms with E-state index in [1.807, 2.05) is 6.92 Å². The van der Waals surface area contributed by atoms with Crippen LogP contribution in [-0.2, 0) is 6.54 Å². The summed E-state index contributed by atoms with van der Waals surface area (Å²) in [5.41, 5.74) is -0.259. The Balaban J connectivity index is 2.30. The highest BCUT2D eigenvalue weighted by Crippen LogP contribution is 2.21. The molecule has 0 saturated heterocycles. The fourth-order valence-corrected chi connectivity index (χ4v) is 2.39. The third-order valence-electron chi connectivity index (χ3n) is 2.80.